The lowest BCUT2D eigenvalue weighted by Crippen LogP contribution is -2.53. The Morgan fingerprint density at radius 1 is 1.27 bits per heavy atom. The van der Waals surface area contributed by atoms with Gasteiger partial charge in [-0.3, -0.25) is 4.79 Å². The Hall–Kier alpha value is -2.00. The monoisotopic (exact) mass is 318 g/mol. The van der Waals surface area contributed by atoms with E-state index < -0.39 is 11.5 Å². The van der Waals surface area contributed by atoms with Crippen molar-refractivity contribution in [2.75, 3.05) is 5.75 Å². The van der Waals surface area contributed by atoms with E-state index in [1.54, 1.807) is 12.1 Å². The molecule has 0 radical (unpaired) electrons. The molecule has 0 atom stereocenters. The number of rotatable bonds is 6. The highest BCUT2D eigenvalue weighted by Gasteiger charge is 2.42. The summed E-state index contributed by atoms with van der Waals surface area (Å²) in [5, 5.41) is 20.7. The van der Waals surface area contributed by atoms with E-state index in [0.717, 1.165) is 18.4 Å². The quantitative estimate of drug-likeness (QED) is 0.840. The number of carboxylic acids is 1. The molecule has 5 nitrogen and oxygen atoms in total. The van der Waals surface area contributed by atoms with Crippen LogP contribution in [0.15, 0.2) is 24.3 Å². The van der Waals surface area contributed by atoms with Gasteiger partial charge in [0.25, 0.3) is 0 Å². The molecule has 0 unspecified atom stereocenters. The molecule has 1 aromatic rings. The van der Waals surface area contributed by atoms with Crippen LogP contribution in [0.4, 0.5) is 0 Å². The highest BCUT2D eigenvalue weighted by Crippen LogP contribution is 2.30. The minimum absolute atomic E-state index is 0.231. The van der Waals surface area contributed by atoms with Crippen molar-refractivity contribution in [2.24, 2.45) is 0 Å². The van der Waals surface area contributed by atoms with Gasteiger partial charge in [0.1, 0.15) is 5.54 Å². The summed E-state index contributed by atoms with van der Waals surface area (Å²) in [6.45, 7) is 0. The van der Waals surface area contributed by atoms with Gasteiger partial charge in [-0.05, 0) is 30.5 Å². The molecule has 2 rings (SSSR count). The van der Waals surface area contributed by atoms with Crippen LogP contribution in [-0.2, 0) is 15.3 Å². The SMILES string of the molecule is N#Cc1ccc(CSCC(=O)NC2(C(=O)O)CCCC2)cc1. The van der Waals surface area contributed by atoms with Crippen molar-refractivity contribution < 1.29 is 14.7 Å². The molecule has 0 aliphatic heterocycles. The summed E-state index contributed by atoms with van der Waals surface area (Å²) in [5.41, 5.74) is 0.577. The van der Waals surface area contributed by atoms with E-state index >= 15 is 0 Å². The molecular formula is C16H18N2O3S. The van der Waals surface area contributed by atoms with E-state index in [1.807, 2.05) is 12.1 Å². The van der Waals surface area contributed by atoms with E-state index in [4.69, 9.17) is 5.26 Å². The molecule has 0 saturated heterocycles. The second-order valence-electron chi connectivity index (χ2n) is 5.44. The topological polar surface area (TPSA) is 90.2 Å². The smallest absolute Gasteiger partial charge is 0.329 e. The maximum atomic E-state index is 12.0. The fraction of sp³-hybridized carbons (Fsp3) is 0.438. The lowest BCUT2D eigenvalue weighted by atomic mass is 9.98. The van der Waals surface area contributed by atoms with Crippen LogP contribution in [0.25, 0.3) is 0 Å². The van der Waals surface area contributed by atoms with Crippen LogP contribution in [0.2, 0.25) is 0 Å². The Bertz CT molecular complexity index is 586. The van der Waals surface area contributed by atoms with Gasteiger partial charge >= 0.3 is 5.97 Å². The molecular weight excluding hydrogens is 300 g/mol. The fourth-order valence-electron chi connectivity index (χ4n) is 2.61. The molecule has 1 aliphatic rings. The highest BCUT2D eigenvalue weighted by atomic mass is 32.2. The number of carbonyl (C=O) groups is 2. The summed E-state index contributed by atoms with van der Waals surface area (Å²) in [5.74, 6) is -0.285. The van der Waals surface area contributed by atoms with Crippen LogP contribution < -0.4 is 5.32 Å². The van der Waals surface area contributed by atoms with Gasteiger partial charge in [0.15, 0.2) is 0 Å². The average molecular weight is 318 g/mol. The number of hydrogen-bond acceptors (Lipinski definition) is 4. The summed E-state index contributed by atoms with van der Waals surface area (Å²) in [6.07, 6.45) is 2.69. The number of nitriles is 1. The maximum absolute atomic E-state index is 12.0. The molecule has 1 aliphatic carbocycles. The zero-order valence-corrected chi connectivity index (χ0v) is 13.0. The molecule has 116 valence electrons. The van der Waals surface area contributed by atoms with E-state index in [9.17, 15) is 14.7 Å². The third kappa shape index (κ3) is 4.01. The van der Waals surface area contributed by atoms with Gasteiger partial charge in [-0.15, -0.1) is 11.8 Å². The first-order valence-electron chi connectivity index (χ1n) is 7.17. The number of nitrogens with one attached hydrogen (secondary N) is 1. The summed E-state index contributed by atoms with van der Waals surface area (Å²) in [4.78, 5) is 23.3. The van der Waals surface area contributed by atoms with Gasteiger partial charge in [-0.2, -0.15) is 5.26 Å². The van der Waals surface area contributed by atoms with Crippen LogP contribution in [0.1, 0.15) is 36.8 Å². The summed E-state index contributed by atoms with van der Waals surface area (Å²) >= 11 is 1.43. The number of hydrogen-bond donors (Lipinski definition) is 2. The van der Waals surface area contributed by atoms with Gasteiger partial charge in [0.2, 0.25) is 5.91 Å². The van der Waals surface area contributed by atoms with E-state index in [2.05, 4.69) is 11.4 Å². The predicted molar refractivity (Wildman–Crippen MR) is 84.3 cm³/mol. The van der Waals surface area contributed by atoms with Crippen molar-refractivity contribution in [2.45, 2.75) is 37.0 Å². The van der Waals surface area contributed by atoms with E-state index in [-0.39, 0.29) is 11.7 Å². The zero-order valence-electron chi connectivity index (χ0n) is 12.2. The average Bonchev–Trinajstić information content (AvgIpc) is 2.98. The summed E-state index contributed by atoms with van der Waals surface area (Å²) in [7, 11) is 0. The Balaban J connectivity index is 1.80. The maximum Gasteiger partial charge on any atom is 0.329 e. The molecule has 1 aromatic carbocycles. The normalized spacial score (nSPS) is 16.0. The molecule has 2 N–H and O–H groups in total. The Morgan fingerprint density at radius 2 is 1.91 bits per heavy atom. The lowest BCUT2D eigenvalue weighted by Gasteiger charge is -2.25. The van der Waals surface area contributed by atoms with Gasteiger partial charge in [-0.1, -0.05) is 25.0 Å². The molecule has 0 spiro atoms. The van der Waals surface area contributed by atoms with Crippen LogP contribution in [-0.4, -0.2) is 28.3 Å². The number of amides is 1. The standard InChI is InChI=1S/C16H18N2O3S/c17-9-12-3-5-13(6-4-12)10-22-11-14(19)18-16(15(20)21)7-1-2-8-16/h3-6H,1-2,7-8,10-11H2,(H,18,19)(H,20,21). The number of nitrogens with zero attached hydrogens (tertiary/aromatic N) is 1. The lowest BCUT2D eigenvalue weighted by molar-refractivity contribution is -0.147. The zero-order chi connectivity index (χ0) is 16.0. The number of thioether (sulfide) groups is 1. The molecule has 6 heteroatoms. The molecule has 1 saturated carbocycles. The fourth-order valence-corrected chi connectivity index (χ4v) is 3.40. The molecule has 0 bridgehead atoms. The first kappa shape index (κ1) is 16.4. The first-order valence-corrected chi connectivity index (χ1v) is 8.32. The van der Waals surface area contributed by atoms with Crippen LogP contribution >= 0.6 is 11.8 Å². The van der Waals surface area contributed by atoms with Crippen LogP contribution in [0.5, 0.6) is 0 Å². The third-order valence-electron chi connectivity index (χ3n) is 3.83. The molecule has 0 heterocycles. The van der Waals surface area contributed by atoms with Crippen molar-refractivity contribution in [3.63, 3.8) is 0 Å². The van der Waals surface area contributed by atoms with Gasteiger partial charge in [0, 0.05) is 5.75 Å². The number of benzene rings is 1. The second kappa shape index (κ2) is 7.32. The Labute approximate surface area is 133 Å². The largest absolute Gasteiger partial charge is 0.480 e. The number of aliphatic carboxylic acids is 1. The first-order chi connectivity index (χ1) is 10.6. The van der Waals surface area contributed by atoms with Crippen LogP contribution in [0.3, 0.4) is 0 Å². The molecule has 1 fully saturated rings. The molecule has 0 aromatic heterocycles. The minimum atomic E-state index is -1.06. The van der Waals surface area contributed by atoms with Gasteiger partial charge in [-0.25, -0.2) is 4.79 Å². The summed E-state index contributed by atoms with van der Waals surface area (Å²) in [6, 6.07) is 9.27. The molecule has 22 heavy (non-hydrogen) atoms. The minimum Gasteiger partial charge on any atom is -0.480 e. The second-order valence-corrected chi connectivity index (χ2v) is 6.43. The number of carbonyl (C=O) groups excluding carboxylic acids is 1. The van der Waals surface area contributed by atoms with Crippen molar-refractivity contribution in [3.8, 4) is 6.07 Å². The van der Waals surface area contributed by atoms with Crippen molar-refractivity contribution in [1.82, 2.24) is 5.32 Å². The highest BCUT2D eigenvalue weighted by molar-refractivity contribution is 7.99. The van der Waals surface area contributed by atoms with Gasteiger partial charge in [0.05, 0.1) is 17.4 Å². The van der Waals surface area contributed by atoms with E-state index in [1.165, 1.54) is 11.8 Å². The Kier molecular flexibility index (Phi) is 5.45. The Morgan fingerprint density at radius 3 is 2.45 bits per heavy atom. The van der Waals surface area contributed by atoms with Crippen molar-refractivity contribution >= 4 is 23.6 Å². The molecule has 1 amide bonds. The van der Waals surface area contributed by atoms with Gasteiger partial charge < -0.3 is 10.4 Å². The van der Waals surface area contributed by atoms with Crippen molar-refractivity contribution in [3.05, 3.63) is 35.4 Å². The third-order valence-corrected chi connectivity index (χ3v) is 4.83. The predicted octanol–water partition coefficient (Wildman–Crippen LogP) is 2.31. The summed E-state index contributed by atoms with van der Waals surface area (Å²) < 4.78 is 0. The van der Waals surface area contributed by atoms with Crippen LogP contribution in [0, 0.1) is 11.3 Å². The van der Waals surface area contributed by atoms with E-state index in [0.29, 0.717) is 24.2 Å². The van der Waals surface area contributed by atoms with Crippen molar-refractivity contribution in [1.29, 1.82) is 5.26 Å². The number of carboxylic acid groups (broad SMARTS) is 1.